The second-order valence-corrected chi connectivity index (χ2v) is 3.90. The number of aromatic nitrogens is 2. The number of hydrogen-bond acceptors (Lipinski definition) is 4. The molecule has 0 aliphatic heterocycles. The normalized spacial score (nSPS) is 11.3. The highest BCUT2D eigenvalue weighted by Crippen LogP contribution is 2.21. The second-order valence-electron chi connectivity index (χ2n) is 2.38. The van der Waals surface area contributed by atoms with Crippen LogP contribution in [0, 0.1) is 0 Å². The molecule has 2 rings (SSSR count). The van der Waals surface area contributed by atoms with Crippen LogP contribution in [0.4, 0.5) is 0 Å². The first-order chi connectivity index (χ1) is 6.25. The summed E-state index contributed by atoms with van der Waals surface area (Å²) in [7, 11) is 0. The Morgan fingerprint density at radius 3 is 3.23 bits per heavy atom. The third kappa shape index (κ3) is 1.94. The van der Waals surface area contributed by atoms with Crippen LogP contribution < -0.4 is 0 Å². The molecule has 0 unspecified atom stereocenters. The van der Waals surface area contributed by atoms with Gasteiger partial charge in [0, 0.05) is 42.3 Å². The summed E-state index contributed by atoms with van der Waals surface area (Å²) >= 11 is 6.24. The summed E-state index contributed by atoms with van der Waals surface area (Å²) in [5, 5.41) is 8.75. The maximum absolute atomic E-state index is 8.75. The minimum atomic E-state index is 0.520. The van der Waals surface area contributed by atoms with Gasteiger partial charge in [0.05, 0.1) is 4.90 Å². The van der Waals surface area contributed by atoms with E-state index >= 15 is 0 Å². The quantitative estimate of drug-likeness (QED) is 0.474. The zero-order valence-corrected chi connectivity index (χ0v) is 8.03. The van der Waals surface area contributed by atoms with Crippen molar-refractivity contribution in [1.29, 1.82) is 0 Å². The number of fused-ring (bicyclic) bond motifs is 1. The van der Waals surface area contributed by atoms with Gasteiger partial charge in [0.15, 0.2) is 0 Å². The van der Waals surface area contributed by atoms with E-state index in [9.17, 15) is 0 Å². The SMILES string of the molecule is ON(Cl)Sc1cnc2cccn2c1. The van der Waals surface area contributed by atoms with Crippen LogP contribution in [0.3, 0.4) is 0 Å². The number of rotatable bonds is 2. The Morgan fingerprint density at radius 1 is 1.62 bits per heavy atom. The number of halogens is 1. The van der Waals surface area contributed by atoms with E-state index in [1.807, 2.05) is 28.9 Å². The Kier molecular flexibility index (Phi) is 2.41. The van der Waals surface area contributed by atoms with Crippen LogP contribution in [-0.4, -0.2) is 18.6 Å². The van der Waals surface area contributed by atoms with Gasteiger partial charge in [0.2, 0.25) is 0 Å². The van der Waals surface area contributed by atoms with Gasteiger partial charge in [-0.05, 0) is 16.1 Å². The summed E-state index contributed by atoms with van der Waals surface area (Å²) in [5.41, 5.74) is 0.864. The summed E-state index contributed by atoms with van der Waals surface area (Å²) in [6, 6.07) is 3.79. The molecular formula is C7H6ClN3OS. The van der Waals surface area contributed by atoms with Crippen molar-refractivity contribution in [1.82, 2.24) is 13.4 Å². The maximum Gasteiger partial charge on any atom is 0.136 e. The smallest absolute Gasteiger partial charge is 0.136 e. The Labute approximate surface area is 84.0 Å². The highest BCUT2D eigenvalue weighted by atomic mass is 35.5. The van der Waals surface area contributed by atoms with E-state index in [1.165, 1.54) is 0 Å². The van der Waals surface area contributed by atoms with Gasteiger partial charge < -0.3 is 4.40 Å². The summed E-state index contributed by atoms with van der Waals surface area (Å²) in [4.78, 5) is 4.90. The molecule has 6 heteroatoms. The first-order valence-corrected chi connectivity index (χ1v) is 4.62. The molecule has 0 aromatic carbocycles. The molecule has 0 bridgehead atoms. The summed E-state index contributed by atoms with van der Waals surface area (Å²) in [6.07, 6.45) is 5.35. The molecule has 0 radical (unpaired) electrons. The average molecular weight is 216 g/mol. The van der Waals surface area contributed by atoms with Gasteiger partial charge in [-0.15, -0.1) is 0 Å². The minimum Gasteiger partial charge on any atom is -0.307 e. The molecule has 1 N–H and O–H groups in total. The second kappa shape index (κ2) is 3.55. The van der Waals surface area contributed by atoms with Gasteiger partial charge in [0.1, 0.15) is 5.65 Å². The predicted molar refractivity (Wildman–Crippen MR) is 50.5 cm³/mol. The zero-order chi connectivity index (χ0) is 9.26. The molecule has 0 saturated carbocycles. The Balaban J connectivity index is 2.37. The lowest BCUT2D eigenvalue weighted by Gasteiger charge is -2.03. The molecule has 0 aliphatic rings. The Bertz CT molecular complexity index is 417. The molecule has 0 amide bonds. The van der Waals surface area contributed by atoms with Crippen LogP contribution in [0.5, 0.6) is 0 Å². The fourth-order valence-corrected chi connectivity index (χ4v) is 1.71. The molecule has 68 valence electrons. The van der Waals surface area contributed by atoms with E-state index in [0.29, 0.717) is 3.99 Å². The molecular weight excluding hydrogens is 210 g/mol. The van der Waals surface area contributed by atoms with Gasteiger partial charge >= 0.3 is 0 Å². The van der Waals surface area contributed by atoms with Crippen molar-refractivity contribution in [3.63, 3.8) is 0 Å². The maximum atomic E-state index is 8.75. The molecule has 2 aromatic heterocycles. The lowest BCUT2D eigenvalue weighted by Crippen LogP contribution is -1.94. The lowest BCUT2D eigenvalue weighted by molar-refractivity contribution is 0.114. The van der Waals surface area contributed by atoms with Crippen molar-refractivity contribution in [2.75, 3.05) is 0 Å². The molecule has 2 aromatic rings. The van der Waals surface area contributed by atoms with Crippen LogP contribution in [0.1, 0.15) is 0 Å². The van der Waals surface area contributed by atoms with Gasteiger partial charge in [-0.25, -0.2) is 4.98 Å². The van der Waals surface area contributed by atoms with Crippen molar-refractivity contribution in [2.45, 2.75) is 4.90 Å². The zero-order valence-electron chi connectivity index (χ0n) is 6.46. The third-order valence-electron chi connectivity index (χ3n) is 1.53. The monoisotopic (exact) mass is 215 g/mol. The topological polar surface area (TPSA) is 40.8 Å². The van der Waals surface area contributed by atoms with E-state index in [0.717, 1.165) is 22.5 Å². The van der Waals surface area contributed by atoms with E-state index < -0.39 is 0 Å². The highest BCUT2D eigenvalue weighted by molar-refractivity contribution is 7.97. The molecule has 0 aliphatic carbocycles. The molecule has 0 atom stereocenters. The predicted octanol–water partition coefficient (Wildman–Crippen LogP) is 2.19. The van der Waals surface area contributed by atoms with E-state index in [1.54, 1.807) is 6.20 Å². The standard InChI is InChI=1S/C7H6ClN3OS/c8-11(12)13-6-4-9-7-2-1-3-10(7)5-6/h1-5,12H. The van der Waals surface area contributed by atoms with Crippen molar-refractivity contribution in [3.8, 4) is 0 Å². The van der Waals surface area contributed by atoms with E-state index in [4.69, 9.17) is 17.0 Å². The minimum absolute atomic E-state index is 0.520. The summed E-state index contributed by atoms with van der Waals surface area (Å²) in [6.45, 7) is 0. The lowest BCUT2D eigenvalue weighted by atomic mass is 10.6. The molecule has 0 saturated heterocycles. The van der Waals surface area contributed by atoms with Crippen LogP contribution >= 0.6 is 23.7 Å². The van der Waals surface area contributed by atoms with Crippen LogP contribution in [0.25, 0.3) is 5.65 Å². The van der Waals surface area contributed by atoms with Crippen molar-refractivity contribution >= 4 is 29.4 Å². The van der Waals surface area contributed by atoms with Crippen LogP contribution in [0.15, 0.2) is 35.6 Å². The fraction of sp³-hybridized carbons (Fsp3) is 0. The molecule has 13 heavy (non-hydrogen) atoms. The van der Waals surface area contributed by atoms with Crippen molar-refractivity contribution in [3.05, 3.63) is 30.7 Å². The first-order valence-electron chi connectivity index (χ1n) is 3.51. The highest BCUT2D eigenvalue weighted by Gasteiger charge is 2.01. The largest absolute Gasteiger partial charge is 0.307 e. The molecule has 2 heterocycles. The molecule has 4 nitrogen and oxygen atoms in total. The molecule has 0 fully saturated rings. The van der Waals surface area contributed by atoms with Gasteiger partial charge in [-0.1, -0.05) is 0 Å². The van der Waals surface area contributed by atoms with Crippen molar-refractivity contribution in [2.24, 2.45) is 0 Å². The van der Waals surface area contributed by atoms with Crippen molar-refractivity contribution < 1.29 is 5.21 Å². The van der Waals surface area contributed by atoms with Gasteiger partial charge in [-0.3, -0.25) is 5.21 Å². The molecule has 0 spiro atoms. The Morgan fingerprint density at radius 2 is 2.46 bits per heavy atom. The van der Waals surface area contributed by atoms with E-state index in [-0.39, 0.29) is 0 Å². The number of hydrogen-bond donors (Lipinski definition) is 1. The fourth-order valence-electron chi connectivity index (χ4n) is 1.04. The van der Waals surface area contributed by atoms with Gasteiger partial charge in [0.25, 0.3) is 0 Å². The average Bonchev–Trinajstić information content (AvgIpc) is 2.49. The first kappa shape index (κ1) is 8.83. The van der Waals surface area contributed by atoms with Gasteiger partial charge in [-0.2, -0.15) is 0 Å². The van der Waals surface area contributed by atoms with E-state index in [2.05, 4.69) is 4.98 Å². The third-order valence-corrected chi connectivity index (χ3v) is 2.31. The van der Waals surface area contributed by atoms with Crippen LogP contribution in [-0.2, 0) is 0 Å². The number of nitrogens with zero attached hydrogens (tertiary/aromatic N) is 3. The summed E-state index contributed by atoms with van der Waals surface area (Å²) in [5.74, 6) is 0. The van der Waals surface area contributed by atoms with Crippen LogP contribution in [0.2, 0.25) is 0 Å². The summed E-state index contributed by atoms with van der Waals surface area (Å²) < 4.78 is 2.37. The Hall–Kier alpha value is -0.750.